The first-order valence-electron chi connectivity index (χ1n) is 8.06. The van der Waals surface area contributed by atoms with E-state index in [2.05, 4.69) is 32.2 Å². The van der Waals surface area contributed by atoms with Gasteiger partial charge in [-0.25, -0.2) is 0 Å². The van der Waals surface area contributed by atoms with Crippen LogP contribution in [0.2, 0.25) is 0 Å². The van der Waals surface area contributed by atoms with Crippen LogP contribution in [-0.4, -0.2) is 38.5 Å². The average Bonchev–Trinajstić information content (AvgIpc) is 2.49. The van der Waals surface area contributed by atoms with Gasteiger partial charge in [0.2, 0.25) is 0 Å². The summed E-state index contributed by atoms with van der Waals surface area (Å²) in [6.07, 6.45) is 5.92. The lowest BCUT2D eigenvalue weighted by molar-refractivity contribution is 0.0440. The van der Waals surface area contributed by atoms with Gasteiger partial charge in [-0.3, -0.25) is 5.32 Å². The average molecular weight is 284 g/mol. The second kappa shape index (κ2) is 13.4. The van der Waals surface area contributed by atoms with E-state index in [0.717, 1.165) is 45.3 Å². The minimum absolute atomic E-state index is 0.378. The first kappa shape index (κ1) is 19.4. The lowest BCUT2D eigenvalue weighted by Gasteiger charge is -2.26. The maximum atomic E-state index is 9.35. The van der Waals surface area contributed by atoms with Crippen LogP contribution in [0.25, 0.3) is 0 Å². The van der Waals surface area contributed by atoms with Crippen LogP contribution in [0.3, 0.4) is 0 Å². The molecule has 0 aromatic carbocycles. The van der Waals surface area contributed by atoms with Crippen LogP contribution in [0.5, 0.6) is 0 Å². The summed E-state index contributed by atoms with van der Waals surface area (Å²) in [6.45, 7) is 10.1. The molecule has 0 saturated heterocycles. The molecule has 4 nitrogen and oxygen atoms in total. The SMILES string of the molecule is CCCCOCCOCCCC(C#N)(CC)NCCC. The van der Waals surface area contributed by atoms with Gasteiger partial charge < -0.3 is 9.47 Å². The van der Waals surface area contributed by atoms with E-state index in [-0.39, 0.29) is 5.54 Å². The Morgan fingerprint density at radius 2 is 1.60 bits per heavy atom. The van der Waals surface area contributed by atoms with Crippen LogP contribution in [0, 0.1) is 11.3 Å². The first-order chi connectivity index (χ1) is 9.74. The number of unbranched alkanes of at least 4 members (excludes halogenated alkanes) is 1. The molecule has 1 atom stereocenters. The summed E-state index contributed by atoms with van der Waals surface area (Å²) in [7, 11) is 0. The molecule has 0 aliphatic carbocycles. The van der Waals surface area contributed by atoms with E-state index in [0.29, 0.717) is 19.8 Å². The molecule has 0 spiro atoms. The Bertz CT molecular complexity index is 253. The van der Waals surface area contributed by atoms with Gasteiger partial charge in [0, 0.05) is 13.2 Å². The van der Waals surface area contributed by atoms with Crippen LogP contribution in [0.1, 0.15) is 59.3 Å². The van der Waals surface area contributed by atoms with Crippen LogP contribution in [0.4, 0.5) is 0 Å². The number of rotatable bonds is 14. The maximum absolute atomic E-state index is 9.35. The van der Waals surface area contributed by atoms with E-state index < -0.39 is 0 Å². The molecule has 0 aromatic heterocycles. The highest BCUT2D eigenvalue weighted by Crippen LogP contribution is 2.16. The van der Waals surface area contributed by atoms with Gasteiger partial charge in [-0.1, -0.05) is 27.2 Å². The van der Waals surface area contributed by atoms with Gasteiger partial charge in [-0.15, -0.1) is 0 Å². The Labute approximate surface area is 124 Å². The Balaban J connectivity index is 3.62. The fourth-order valence-corrected chi connectivity index (χ4v) is 1.97. The Kier molecular flexibility index (Phi) is 12.9. The molecule has 1 unspecified atom stereocenters. The number of hydrogen-bond donors (Lipinski definition) is 1. The third-order valence-electron chi connectivity index (χ3n) is 3.44. The van der Waals surface area contributed by atoms with Gasteiger partial charge in [-0.2, -0.15) is 5.26 Å². The van der Waals surface area contributed by atoms with E-state index >= 15 is 0 Å². The normalized spacial score (nSPS) is 13.9. The van der Waals surface area contributed by atoms with Crippen LogP contribution in [0.15, 0.2) is 0 Å². The van der Waals surface area contributed by atoms with Crippen molar-refractivity contribution < 1.29 is 9.47 Å². The summed E-state index contributed by atoms with van der Waals surface area (Å²) in [4.78, 5) is 0. The van der Waals surface area contributed by atoms with E-state index in [1.54, 1.807) is 0 Å². The quantitative estimate of drug-likeness (QED) is 0.497. The summed E-state index contributed by atoms with van der Waals surface area (Å²) in [5.41, 5.74) is -0.378. The standard InChI is InChI=1S/C16H32N2O2/c1-4-7-11-19-13-14-20-12-8-9-16(6-3,15-17)18-10-5-2/h18H,4-14H2,1-3H3. The molecule has 0 rings (SSSR count). The third-order valence-corrected chi connectivity index (χ3v) is 3.44. The highest BCUT2D eigenvalue weighted by Gasteiger charge is 2.25. The summed E-state index contributed by atoms with van der Waals surface area (Å²) >= 11 is 0. The summed E-state index contributed by atoms with van der Waals surface area (Å²) in [5, 5.41) is 12.7. The molecule has 0 bridgehead atoms. The lowest BCUT2D eigenvalue weighted by Crippen LogP contribution is -2.44. The molecule has 4 heteroatoms. The molecule has 0 aliphatic heterocycles. The Morgan fingerprint density at radius 3 is 2.10 bits per heavy atom. The van der Waals surface area contributed by atoms with E-state index in [1.807, 2.05) is 0 Å². The molecular formula is C16H32N2O2. The molecule has 20 heavy (non-hydrogen) atoms. The Morgan fingerprint density at radius 1 is 0.950 bits per heavy atom. The van der Waals surface area contributed by atoms with Crippen molar-refractivity contribution in [3.8, 4) is 6.07 Å². The largest absolute Gasteiger partial charge is 0.379 e. The zero-order valence-corrected chi connectivity index (χ0v) is 13.5. The monoisotopic (exact) mass is 284 g/mol. The molecule has 0 saturated carbocycles. The number of nitriles is 1. The van der Waals surface area contributed by atoms with Gasteiger partial charge in [0.25, 0.3) is 0 Å². The van der Waals surface area contributed by atoms with Crippen LogP contribution < -0.4 is 5.32 Å². The summed E-state index contributed by atoms with van der Waals surface area (Å²) in [6, 6.07) is 2.43. The van der Waals surface area contributed by atoms with Crippen molar-refractivity contribution in [2.24, 2.45) is 0 Å². The topological polar surface area (TPSA) is 54.3 Å². The van der Waals surface area contributed by atoms with Crippen molar-refractivity contribution in [3.05, 3.63) is 0 Å². The van der Waals surface area contributed by atoms with Crippen molar-refractivity contribution in [3.63, 3.8) is 0 Å². The van der Waals surface area contributed by atoms with Crippen molar-refractivity contribution in [2.75, 3.05) is 33.0 Å². The van der Waals surface area contributed by atoms with Crippen LogP contribution >= 0.6 is 0 Å². The summed E-state index contributed by atoms with van der Waals surface area (Å²) < 4.78 is 11.0. The van der Waals surface area contributed by atoms with Crippen molar-refractivity contribution in [1.29, 1.82) is 5.26 Å². The highest BCUT2D eigenvalue weighted by atomic mass is 16.5. The van der Waals surface area contributed by atoms with Gasteiger partial charge in [0.15, 0.2) is 0 Å². The van der Waals surface area contributed by atoms with Crippen LogP contribution in [-0.2, 0) is 9.47 Å². The number of ether oxygens (including phenoxy) is 2. The highest BCUT2D eigenvalue weighted by molar-refractivity contribution is 5.05. The predicted molar refractivity (Wildman–Crippen MR) is 82.7 cm³/mol. The third kappa shape index (κ3) is 9.30. The molecule has 0 amide bonds. The molecule has 118 valence electrons. The minimum atomic E-state index is -0.378. The van der Waals surface area contributed by atoms with Gasteiger partial charge in [0.05, 0.1) is 19.3 Å². The number of hydrogen-bond acceptors (Lipinski definition) is 4. The minimum Gasteiger partial charge on any atom is -0.379 e. The maximum Gasteiger partial charge on any atom is 0.106 e. The van der Waals surface area contributed by atoms with Gasteiger partial charge in [-0.05, 0) is 38.6 Å². The molecule has 0 fully saturated rings. The van der Waals surface area contributed by atoms with Gasteiger partial charge in [0.1, 0.15) is 5.54 Å². The first-order valence-corrected chi connectivity index (χ1v) is 8.06. The summed E-state index contributed by atoms with van der Waals surface area (Å²) in [5.74, 6) is 0. The van der Waals surface area contributed by atoms with Crippen molar-refractivity contribution in [1.82, 2.24) is 5.32 Å². The van der Waals surface area contributed by atoms with Crippen molar-refractivity contribution >= 4 is 0 Å². The van der Waals surface area contributed by atoms with E-state index in [1.165, 1.54) is 6.42 Å². The second-order valence-electron chi connectivity index (χ2n) is 5.16. The number of nitrogens with one attached hydrogen (secondary N) is 1. The predicted octanol–water partition coefficient (Wildman–Crippen LogP) is 3.27. The molecule has 1 N–H and O–H groups in total. The molecule has 0 heterocycles. The van der Waals surface area contributed by atoms with E-state index in [4.69, 9.17) is 9.47 Å². The molecular weight excluding hydrogens is 252 g/mol. The van der Waals surface area contributed by atoms with Crippen molar-refractivity contribution in [2.45, 2.75) is 64.8 Å². The number of nitrogens with zero attached hydrogens (tertiary/aromatic N) is 1. The lowest BCUT2D eigenvalue weighted by atomic mass is 9.92. The molecule has 0 radical (unpaired) electrons. The molecule has 0 aromatic rings. The smallest absolute Gasteiger partial charge is 0.106 e. The second-order valence-corrected chi connectivity index (χ2v) is 5.16. The van der Waals surface area contributed by atoms with E-state index in [9.17, 15) is 5.26 Å². The Hall–Kier alpha value is -0.630. The zero-order chi connectivity index (χ0) is 15.1. The molecule has 0 aliphatic rings. The fraction of sp³-hybridized carbons (Fsp3) is 0.938. The zero-order valence-electron chi connectivity index (χ0n) is 13.5. The van der Waals surface area contributed by atoms with Gasteiger partial charge >= 0.3 is 0 Å². The fourth-order valence-electron chi connectivity index (χ4n) is 1.97.